The molecule has 1 aromatic rings. The highest BCUT2D eigenvalue weighted by Crippen LogP contribution is 2.04. The average molecular weight is 177 g/mol. The summed E-state index contributed by atoms with van der Waals surface area (Å²) in [6.45, 7) is 1.73. The minimum absolute atomic E-state index is 0.238. The molecule has 0 spiro atoms. The Morgan fingerprint density at radius 2 is 2.08 bits per heavy atom. The van der Waals surface area contributed by atoms with Crippen LogP contribution in [-0.2, 0) is 0 Å². The number of hydrogen-bond donors (Lipinski definition) is 2. The van der Waals surface area contributed by atoms with Gasteiger partial charge < -0.3 is 5.73 Å². The standard InChI is InChI=1S/C9H11N3O/c1-2-11-12-9(13)7-3-5-8(10)6-4-7/h2-6H,10H2,1H3,(H,12,13). The minimum atomic E-state index is -0.238. The second kappa shape index (κ2) is 4.25. The fraction of sp³-hybridized carbons (Fsp3) is 0.111. The van der Waals surface area contributed by atoms with E-state index in [-0.39, 0.29) is 5.91 Å². The van der Waals surface area contributed by atoms with Crippen LogP contribution in [-0.4, -0.2) is 12.1 Å². The van der Waals surface area contributed by atoms with Crippen LogP contribution in [0.3, 0.4) is 0 Å². The predicted molar refractivity (Wildman–Crippen MR) is 52.5 cm³/mol. The van der Waals surface area contributed by atoms with Crippen molar-refractivity contribution in [3.8, 4) is 0 Å². The van der Waals surface area contributed by atoms with Crippen LogP contribution < -0.4 is 11.2 Å². The molecule has 0 aliphatic carbocycles. The van der Waals surface area contributed by atoms with Crippen LogP contribution in [0.4, 0.5) is 5.69 Å². The highest BCUT2D eigenvalue weighted by atomic mass is 16.2. The summed E-state index contributed by atoms with van der Waals surface area (Å²) in [5.41, 5.74) is 9.00. The van der Waals surface area contributed by atoms with Crippen molar-refractivity contribution in [1.29, 1.82) is 0 Å². The minimum Gasteiger partial charge on any atom is -0.399 e. The summed E-state index contributed by atoms with van der Waals surface area (Å²) in [5.74, 6) is -0.238. The molecule has 1 aromatic carbocycles. The molecule has 0 aromatic heterocycles. The Hall–Kier alpha value is -1.84. The number of carbonyl (C=O) groups is 1. The molecule has 0 fully saturated rings. The summed E-state index contributed by atoms with van der Waals surface area (Å²) in [4.78, 5) is 11.2. The van der Waals surface area contributed by atoms with E-state index in [0.29, 0.717) is 11.3 Å². The number of carbonyl (C=O) groups excluding carboxylic acids is 1. The summed E-state index contributed by atoms with van der Waals surface area (Å²) in [6.07, 6.45) is 1.51. The molecule has 0 aliphatic rings. The zero-order valence-electron chi connectivity index (χ0n) is 7.32. The molecule has 4 nitrogen and oxygen atoms in total. The Labute approximate surface area is 76.4 Å². The van der Waals surface area contributed by atoms with E-state index in [0.717, 1.165) is 0 Å². The van der Waals surface area contributed by atoms with Gasteiger partial charge in [0.25, 0.3) is 5.91 Å². The third kappa shape index (κ3) is 2.59. The first-order valence-corrected chi connectivity index (χ1v) is 3.87. The molecule has 0 aliphatic heterocycles. The molecule has 0 unspecified atom stereocenters. The Morgan fingerprint density at radius 3 is 2.62 bits per heavy atom. The van der Waals surface area contributed by atoms with E-state index in [9.17, 15) is 4.79 Å². The number of nitrogens with one attached hydrogen (secondary N) is 1. The SMILES string of the molecule is CC=NNC(=O)c1ccc(N)cc1. The summed E-state index contributed by atoms with van der Waals surface area (Å²) < 4.78 is 0. The molecule has 0 saturated heterocycles. The van der Waals surface area contributed by atoms with Gasteiger partial charge in [0.2, 0.25) is 0 Å². The Kier molecular flexibility index (Phi) is 3.03. The molecular weight excluding hydrogens is 166 g/mol. The summed E-state index contributed by atoms with van der Waals surface area (Å²) >= 11 is 0. The van der Waals surface area contributed by atoms with Crippen molar-refractivity contribution < 1.29 is 4.79 Å². The third-order valence-electron chi connectivity index (χ3n) is 1.47. The molecule has 0 atom stereocenters. The third-order valence-corrected chi connectivity index (χ3v) is 1.47. The molecule has 4 heteroatoms. The fourth-order valence-electron chi connectivity index (χ4n) is 0.822. The summed E-state index contributed by atoms with van der Waals surface area (Å²) in [7, 11) is 0. The first-order chi connectivity index (χ1) is 6.24. The van der Waals surface area contributed by atoms with Gasteiger partial charge >= 0.3 is 0 Å². The van der Waals surface area contributed by atoms with Gasteiger partial charge in [-0.1, -0.05) is 0 Å². The van der Waals surface area contributed by atoms with Crippen molar-refractivity contribution in [3.63, 3.8) is 0 Å². The molecule has 13 heavy (non-hydrogen) atoms. The van der Waals surface area contributed by atoms with Crippen molar-refractivity contribution in [2.24, 2.45) is 5.10 Å². The lowest BCUT2D eigenvalue weighted by atomic mass is 10.2. The van der Waals surface area contributed by atoms with Crippen molar-refractivity contribution >= 4 is 17.8 Å². The lowest BCUT2D eigenvalue weighted by Gasteiger charge is -1.99. The number of anilines is 1. The smallest absolute Gasteiger partial charge is 0.271 e. The van der Waals surface area contributed by atoms with Gasteiger partial charge in [-0.05, 0) is 31.2 Å². The molecule has 0 bridgehead atoms. The zero-order valence-corrected chi connectivity index (χ0v) is 7.32. The topological polar surface area (TPSA) is 67.5 Å². The van der Waals surface area contributed by atoms with Gasteiger partial charge in [-0.25, -0.2) is 5.43 Å². The van der Waals surface area contributed by atoms with Crippen molar-refractivity contribution in [3.05, 3.63) is 29.8 Å². The van der Waals surface area contributed by atoms with Gasteiger partial charge in [0, 0.05) is 17.5 Å². The molecule has 0 radical (unpaired) electrons. The summed E-state index contributed by atoms with van der Waals surface area (Å²) in [6, 6.07) is 6.64. The molecule has 0 saturated carbocycles. The van der Waals surface area contributed by atoms with Crippen LogP contribution in [0.25, 0.3) is 0 Å². The second-order valence-electron chi connectivity index (χ2n) is 2.45. The van der Waals surface area contributed by atoms with Gasteiger partial charge in [0.05, 0.1) is 0 Å². The quantitative estimate of drug-likeness (QED) is 0.402. The Bertz CT molecular complexity index is 316. The van der Waals surface area contributed by atoms with Crippen LogP contribution in [0.2, 0.25) is 0 Å². The van der Waals surface area contributed by atoms with E-state index in [1.807, 2.05) is 0 Å². The fourth-order valence-corrected chi connectivity index (χ4v) is 0.822. The number of rotatable bonds is 2. The van der Waals surface area contributed by atoms with Gasteiger partial charge in [-0.15, -0.1) is 0 Å². The number of amides is 1. The van der Waals surface area contributed by atoms with Crippen molar-refractivity contribution in [2.75, 3.05) is 5.73 Å². The number of nitrogens with two attached hydrogens (primary N) is 1. The molecule has 0 heterocycles. The van der Waals surface area contributed by atoms with E-state index >= 15 is 0 Å². The Morgan fingerprint density at radius 1 is 1.46 bits per heavy atom. The first kappa shape index (κ1) is 9.25. The normalized spacial score (nSPS) is 10.2. The first-order valence-electron chi connectivity index (χ1n) is 3.87. The number of hydrogen-bond acceptors (Lipinski definition) is 3. The number of nitrogen functional groups attached to an aromatic ring is 1. The number of hydrazone groups is 1. The van der Waals surface area contributed by atoms with Crippen LogP contribution >= 0.6 is 0 Å². The van der Waals surface area contributed by atoms with E-state index in [4.69, 9.17) is 5.73 Å². The molecule has 1 amide bonds. The Balaban J connectivity index is 2.72. The number of nitrogens with zero attached hydrogens (tertiary/aromatic N) is 1. The highest BCUT2D eigenvalue weighted by Gasteiger charge is 2.01. The van der Waals surface area contributed by atoms with E-state index in [1.54, 1.807) is 31.2 Å². The van der Waals surface area contributed by atoms with Gasteiger partial charge in [-0.2, -0.15) is 5.10 Å². The maximum Gasteiger partial charge on any atom is 0.271 e. The van der Waals surface area contributed by atoms with E-state index in [2.05, 4.69) is 10.5 Å². The average Bonchev–Trinajstić information content (AvgIpc) is 2.15. The predicted octanol–water partition coefficient (Wildman–Crippen LogP) is 1.00. The highest BCUT2D eigenvalue weighted by molar-refractivity contribution is 5.94. The molecular formula is C9H11N3O. The van der Waals surface area contributed by atoms with Crippen LogP contribution in [0.15, 0.2) is 29.4 Å². The van der Waals surface area contributed by atoms with Gasteiger partial charge in [0.15, 0.2) is 0 Å². The lowest BCUT2D eigenvalue weighted by Crippen LogP contribution is -2.17. The zero-order chi connectivity index (χ0) is 9.68. The van der Waals surface area contributed by atoms with Crippen molar-refractivity contribution in [2.45, 2.75) is 6.92 Å². The van der Waals surface area contributed by atoms with E-state index in [1.165, 1.54) is 6.21 Å². The monoisotopic (exact) mass is 177 g/mol. The maximum absolute atomic E-state index is 11.2. The molecule has 3 N–H and O–H groups in total. The van der Waals surface area contributed by atoms with Crippen LogP contribution in [0, 0.1) is 0 Å². The summed E-state index contributed by atoms with van der Waals surface area (Å²) in [5, 5.41) is 3.61. The van der Waals surface area contributed by atoms with Crippen molar-refractivity contribution in [1.82, 2.24) is 5.43 Å². The second-order valence-corrected chi connectivity index (χ2v) is 2.45. The largest absolute Gasteiger partial charge is 0.399 e. The van der Waals surface area contributed by atoms with Gasteiger partial charge in [0.1, 0.15) is 0 Å². The lowest BCUT2D eigenvalue weighted by molar-refractivity contribution is 0.0955. The maximum atomic E-state index is 11.2. The molecule has 1 rings (SSSR count). The van der Waals surface area contributed by atoms with E-state index < -0.39 is 0 Å². The molecule has 68 valence electrons. The van der Waals surface area contributed by atoms with Crippen LogP contribution in [0.5, 0.6) is 0 Å². The van der Waals surface area contributed by atoms with Gasteiger partial charge in [-0.3, -0.25) is 4.79 Å². The number of benzene rings is 1. The van der Waals surface area contributed by atoms with Crippen LogP contribution in [0.1, 0.15) is 17.3 Å².